The first kappa shape index (κ1) is 9.43. The number of hydrogen-bond acceptors (Lipinski definition) is 3. The summed E-state index contributed by atoms with van der Waals surface area (Å²) in [5, 5.41) is 8.51. The summed E-state index contributed by atoms with van der Waals surface area (Å²) in [6, 6.07) is 5.37. The van der Waals surface area contributed by atoms with E-state index in [1.54, 1.807) is 18.3 Å². The van der Waals surface area contributed by atoms with E-state index in [-0.39, 0.29) is 6.04 Å². The molecule has 1 rings (SSSR count). The summed E-state index contributed by atoms with van der Waals surface area (Å²) < 4.78 is 0. The van der Waals surface area contributed by atoms with E-state index in [0.29, 0.717) is 12.1 Å². The van der Waals surface area contributed by atoms with E-state index < -0.39 is 0 Å². The second-order valence-electron chi connectivity index (χ2n) is 2.72. The number of nitrogens with two attached hydrogens (primary N) is 1. The smallest absolute Gasteiger partial charge is 0.140 e. The molecule has 0 fully saturated rings. The number of hydrogen-bond donors (Lipinski definition) is 1. The van der Waals surface area contributed by atoms with Crippen molar-refractivity contribution in [3.8, 4) is 6.07 Å². The van der Waals surface area contributed by atoms with Crippen LogP contribution >= 0.6 is 0 Å². The second kappa shape index (κ2) is 4.39. The highest BCUT2D eigenvalue weighted by Gasteiger charge is 2.03. The van der Waals surface area contributed by atoms with Gasteiger partial charge >= 0.3 is 0 Å². The zero-order valence-electron chi connectivity index (χ0n) is 7.27. The molecule has 1 heterocycles. The highest BCUT2D eigenvalue weighted by Crippen LogP contribution is 2.12. The van der Waals surface area contributed by atoms with Gasteiger partial charge in [0, 0.05) is 12.2 Å². The van der Waals surface area contributed by atoms with Crippen LogP contribution in [0.1, 0.15) is 23.7 Å². The van der Waals surface area contributed by atoms with Crippen LogP contribution in [0.2, 0.25) is 0 Å². The molecule has 0 aliphatic rings. The topological polar surface area (TPSA) is 62.7 Å². The van der Waals surface area contributed by atoms with Crippen LogP contribution in [0.4, 0.5) is 0 Å². The van der Waals surface area contributed by atoms with E-state index in [1.165, 1.54) is 0 Å². The summed E-state index contributed by atoms with van der Waals surface area (Å²) >= 11 is 0. The van der Waals surface area contributed by atoms with E-state index in [1.807, 2.05) is 12.1 Å². The van der Waals surface area contributed by atoms with Gasteiger partial charge in [0.2, 0.25) is 0 Å². The van der Waals surface area contributed by atoms with Crippen LogP contribution in [0.5, 0.6) is 0 Å². The molecule has 2 N–H and O–H groups in total. The van der Waals surface area contributed by atoms with Crippen LogP contribution in [0, 0.1) is 11.3 Å². The quantitative estimate of drug-likeness (QED) is 0.705. The fourth-order valence-corrected chi connectivity index (χ4v) is 1.01. The Morgan fingerprint density at radius 1 is 1.69 bits per heavy atom. The molecule has 1 unspecified atom stereocenters. The van der Waals surface area contributed by atoms with Crippen LogP contribution in [-0.4, -0.2) is 4.98 Å². The Labute approximate surface area is 77.5 Å². The molecule has 1 aromatic rings. The first-order chi connectivity index (χ1) is 6.27. The third-order valence-electron chi connectivity index (χ3n) is 1.75. The van der Waals surface area contributed by atoms with Crippen molar-refractivity contribution in [3.63, 3.8) is 0 Å². The van der Waals surface area contributed by atoms with E-state index in [9.17, 15) is 0 Å². The summed E-state index contributed by atoms with van der Waals surface area (Å²) in [6.45, 7) is 3.61. The molecule has 1 atom stereocenters. The maximum Gasteiger partial charge on any atom is 0.140 e. The molecule has 0 saturated carbocycles. The first-order valence-corrected chi connectivity index (χ1v) is 4.00. The van der Waals surface area contributed by atoms with Gasteiger partial charge in [0.1, 0.15) is 11.8 Å². The van der Waals surface area contributed by atoms with Gasteiger partial charge in [0.05, 0.1) is 0 Å². The van der Waals surface area contributed by atoms with Crippen LogP contribution in [0.25, 0.3) is 0 Å². The SMILES string of the molecule is C=CCC(N)c1ccc(C#N)nc1. The molecule has 13 heavy (non-hydrogen) atoms. The standard InChI is InChI=1S/C10H11N3/c1-2-3-10(12)8-4-5-9(6-11)13-7-8/h2,4-5,7,10H,1,3,12H2. The van der Waals surface area contributed by atoms with Crippen molar-refractivity contribution in [1.82, 2.24) is 4.98 Å². The van der Waals surface area contributed by atoms with Gasteiger partial charge in [-0.1, -0.05) is 12.1 Å². The minimum atomic E-state index is -0.0715. The van der Waals surface area contributed by atoms with Crippen molar-refractivity contribution in [3.05, 3.63) is 42.2 Å². The van der Waals surface area contributed by atoms with Crippen LogP contribution in [-0.2, 0) is 0 Å². The van der Waals surface area contributed by atoms with Crippen molar-refractivity contribution < 1.29 is 0 Å². The van der Waals surface area contributed by atoms with Gasteiger partial charge in [0.25, 0.3) is 0 Å². The van der Waals surface area contributed by atoms with Crippen LogP contribution in [0.3, 0.4) is 0 Å². The molecule has 0 aliphatic carbocycles. The molecule has 3 heteroatoms. The first-order valence-electron chi connectivity index (χ1n) is 4.00. The van der Waals surface area contributed by atoms with Crippen molar-refractivity contribution in [2.75, 3.05) is 0 Å². The Morgan fingerprint density at radius 2 is 2.46 bits per heavy atom. The minimum absolute atomic E-state index is 0.0715. The second-order valence-corrected chi connectivity index (χ2v) is 2.72. The molecular weight excluding hydrogens is 162 g/mol. The van der Waals surface area contributed by atoms with Gasteiger partial charge in [-0.05, 0) is 18.1 Å². The van der Waals surface area contributed by atoms with E-state index in [0.717, 1.165) is 5.56 Å². The normalized spacial score (nSPS) is 11.7. The van der Waals surface area contributed by atoms with Gasteiger partial charge in [-0.2, -0.15) is 5.26 Å². The third kappa shape index (κ3) is 2.39. The zero-order chi connectivity index (χ0) is 9.68. The lowest BCUT2D eigenvalue weighted by Crippen LogP contribution is -2.09. The molecule has 0 aromatic carbocycles. The Morgan fingerprint density at radius 3 is 2.92 bits per heavy atom. The third-order valence-corrected chi connectivity index (χ3v) is 1.75. The number of aromatic nitrogens is 1. The minimum Gasteiger partial charge on any atom is -0.324 e. The summed E-state index contributed by atoms with van der Waals surface area (Å²) in [5.74, 6) is 0. The van der Waals surface area contributed by atoms with Gasteiger partial charge in [-0.25, -0.2) is 4.98 Å². The van der Waals surface area contributed by atoms with Gasteiger partial charge < -0.3 is 5.73 Å². The van der Waals surface area contributed by atoms with Crippen LogP contribution in [0.15, 0.2) is 31.0 Å². The van der Waals surface area contributed by atoms with Gasteiger partial charge in [-0.3, -0.25) is 0 Å². The van der Waals surface area contributed by atoms with E-state index >= 15 is 0 Å². The summed E-state index contributed by atoms with van der Waals surface area (Å²) in [5.41, 5.74) is 7.14. The molecule has 0 amide bonds. The Hall–Kier alpha value is -1.66. The average Bonchev–Trinajstić information content (AvgIpc) is 2.18. The Kier molecular flexibility index (Phi) is 3.18. The Balaban J connectivity index is 2.80. The lowest BCUT2D eigenvalue weighted by atomic mass is 10.1. The maximum atomic E-state index is 8.51. The molecule has 66 valence electrons. The van der Waals surface area contributed by atoms with Crippen molar-refractivity contribution in [2.45, 2.75) is 12.5 Å². The number of pyridine rings is 1. The zero-order valence-corrected chi connectivity index (χ0v) is 7.27. The molecule has 0 radical (unpaired) electrons. The lowest BCUT2D eigenvalue weighted by Gasteiger charge is -2.07. The fourth-order valence-electron chi connectivity index (χ4n) is 1.01. The van der Waals surface area contributed by atoms with E-state index in [2.05, 4.69) is 11.6 Å². The summed E-state index contributed by atoms with van der Waals surface area (Å²) in [7, 11) is 0. The van der Waals surface area contributed by atoms with Crippen molar-refractivity contribution >= 4 is 0 Å². The highest BCUT2D eigenvalue weighted by molar-refractivity contribution is 5.24. The largest absolute Gasteiger partial charge is 0.324 e. The number of rotatable bonds is 3. The lowest BCUT2D eigenvalue weighted by molar-refractivity contribution is 0.737. The van der Waals surface area contributed by atoms with E-state index in [4.69, 9.17) is 11.0 Å². The molecule has 0 bridgehead atoms. The van der Waals surface area contributed by atoms with Crippen molar-refractivity contribution in [1.29, 1.82) is 5.26 Å². The molecular formula is C10H11N3. The summed E-state index contributed by atoms with van der Waals surface area (Å²) in [4.78, 5) is 3.93. The van der Waals surface area contributed by atoms with Gasteiger partial charge in [0.15, 0.2) is 0 Å². The van der Waals surface area contributed by atoms with Gasteiger partial charge in [-0.15, -0.1) is 6.58 Å². The molecule has 1 aromatic heterocycles. The fraction of sp³-hybridized carbons (Fsp3) is 0.200. The number of nitriles is 1. The predicted molar refractivity (Wildman–Crippen MR) is 50.7 cm³/mol. The van der Waals surface area contributed by atoms with Crippen molar-refractivity contribution in [2.24, 2.45) is 5.73 Å². The molecule has 0 saturated heterocycles. The molecule has 0 aliphatic heterocycles. The molecule has 3 nitrogen and oxygen atoms in total. The average molecular weight is 173 g/mol. The Bertz CT molecular complexity index is 321. The van der Waals surface area contributed by atoms with Crippen LogP contribution < -0.4 is 5.73 Å². The maximum absolute atomic E-state index is 8.51. The predicted octanol–water partition coefficient (Wildman–Crippen LogP) is 1.53. The summed E-state index contributed by atoms with van der Waals surface area (Å²) in [6.07, 6.45) is 4.11. The number of nitrogens with zero attached hydrogens (tertiary/aromatic N) is 2. The monoisotopic (exact) mass is 173 g/mol. The molecule has 0 spiro atoms. The highest BCUT2D eigenvalue weighted by atomic mass is 14.7.